The number of hydrogen-bond donors (Lipinski definition) is 5. The van der Waals surface area contributed by atoms with Crippen molar-refractivity contribution in [2.75, 3.05) is 35.6 Å². The summed E-state index contributed by atoms with van der Waals surface area (Å²) in [7, 11) is 0. The van der Waals surface area contributed by atoms with E-state index in [1.165, 1.54) is 37.2 Å². The number of halogens is 3. The molecule has 2 aromatic carbocycles. The Labute approximate surface area is 378 Å². The van der Waals surface area contributed by atoms with E-state index in [2.05, 4.69) is 57.7 Å². The average molecular weight is 909 g/mol. The third kappa shape index (κ3) is 9.66. The van der Waals surface area contributed by atoms with Crippen LogP contribution in [-0.4, -0.2) is 91.6 Å². The van der Waals surface area contributed by atoms with Gasteiger partial charge in [-0.25, -0.2) is 4.98 Å². The molecule has 5 N–H and O–H groups in total. The predicted octanol–water partition coefficient (Wildman–Crippen LogP) is 5.57. The lowest BCUT2D eigenvalue weighted by molar-refractivity contribution is -0.274. The smallest absolute Gasteiger partial charge is 0.405 e. The molecule has 2 aromatic heterocycles. The van der Waals surface area contributed by atoms with Crippen LogP contribution in [0.4, 0.5) is 30.6 Å². The standard InChI is InChI=1S/C46H51F3N12O5/c47-46(48,49)66-36-10-3-2-7-28(36)23-53-44-54-24-31(22-50)40(57-44)55-26-45-19-27-17-29(20-45)39(30(18-27)21-45)52-14-4-1-5-16-60-25-32(58-59-60)13-15-51-34-9-6-8-33-38(34)43(65)61(42(33)64)35-11-12-37(62)56-41(35)63/h2-3,6-10,24-25,27,29-30,35,39,51-52H,1,4-5,11-21,23,26H2,(H,56,62,63)(H2,53,54,55,57)/t27?,29-,30+,35?,39?,45?. The van der Waals surface area contributed by atoms with Gasteiger partial charge in [0.2, 0.25) is 17.8 Å². The maximum atomic E-state index is 13.4. The lowest BCUT2D eigenvalue weighted by Gasteiger charge is -2.60. The minimum atomic E-state index is -4.82. The Bertz CT molecular complexity index is 2530. The van der Waals surface area contributed by atoms with E-state index >= 15 is 0 Å². The molecule has 0 spiro atoms. The van der Waals surface area contributed by atoms with E-state index in [0.29, 0.717) is 65.9 Å². The van der Waals surface area contributed by atoms with Crippen molar-refractivity contribution >= 4 is 41.1 Å². The van der Waals surface area contributed by atoms with Gasteiger partial charge in [-0.3, -0.25) is 34.1 Å². The molecule has 66 heavy (non-hydrogen) atoms. The van der Waals surface area contributed by atoms with E-state index in [1.807, 2.05) is 10.9 Å². The predicted molar refractivity (Wildman–Crippen MR) is 233 cm³/mol. The summed E-state index contributed by atoms with van der Waals surface area (Å²) in [4.78, 5) is 60.4. The van der Waals surface area contributed by atoms with Crippen LogP contribution >= 0.6 is 0 Å². The number of piperidine rings is 1. The summed E-state index contributed by atoms with van der Waals surface area (Å²) in [5.74, 6) is -0.0317. The Kier molecular flexibility index (Phi) is 12.6. The molecule has 1 saturated heterocycles. The van der Waals surface area contributed by atoms with E-state index in [0.717, 1.165) is 62.2 Å². The molecule has 4 saturated carbocycles. The zero-order chi connectivity index (χ0) is 46.0. The van der Waals surface area contributed by atoms with Gasteiger partial charge in [0.1, 0.15) is 29.2 Å². The highest BCUT2D eigenvalue weighted by Crippen LogP contribution is 2.60. The van der Waals surface area contributed by atoms with Gasteiger partial charge in [0.15, 0.2) is 0 Å². The summed E-state index contributed by atoms with van der Waals surface area (Å²) in [6.07, 6.45) is 8.04. The van der Waals surface area contributed by atoms with Crippen LogP contribution in [-0.2, 0) is 29.1 Å². The summed E-state index contributed by atoms with van der Waals surface area (Å²) in [5, 5.41) is 34.3. The fourth-order valence-electron chi connectivity index (χ4n) is 11.1. The zero-order valence-corrected chi connectivity index (χ0v) is 36.2. The monoisotopic (exact) mass is 908 g/mol. The van der Waals surface area contributed by atoms with Crippen LogP contribution in [0, 0.1) is 34.5 Å². The number of alkyl halides is 3. The van der Waals surface area contributed by atoms with Crippen molar-refractivity contribution < 1.29 is 37.1 Å². The molecule has 4 unspecified atom stereocenters. The summed E-state index contributed by atoms with van der Waals surface area (Å²) < 4.78 is 44.8. The number of para-hydroxylation sites is 1. The van der Waals surface area contributed by atoms with Crippen LogP contribution < -0.4 is 31.3 Å². The Morgan fingerprint density at radius 3 is 2.55 bits per heavy atom. The van der Waals surface area contributed by atoms with E-state index in [1.54, 1.807) is 24.3 Å². The SMILES string of the molecule is N#Cc1cnc(NCc2ccccc2OC(F)(F)F)nc1NCC12CC3C[C@H](C1)C(NCCCCCn1cc(CCNc4cccc5c4C(=O)N(C4CCC(=O)NC4=O)C5=O)nn1)[C@@H](C3)C2. The zero-order valence-electron chi connectivity index (χ0n) is 36.2. The molecule has 20 heteroatoms. The number of fused-ring (bicyclic) bond motifs is 1. The first kappa shape index (κ1) is 44.6. The number of anilines is 3. The Morgan fingerprint density at radius 1 is 0.939 bits per heavy atom. The Morgan fingerprint density at radius 2 is 1.76 bits per heavy atom. The van der Waals surface area contributed by atoms with Gasteiger partial charge in [0.05, 0.1) is 23.0 Å². The minimum Gasteiger partial charge on any atom is -0.405 e. The molecule has 2 aliphatic heterocycles. The van der Waals surface area contributed by atoms with Crippen LogP contribution in [0.5, 0.6) is 5.75 Å². The van der Waals surface area contributed by atoms with Crippen molar-refractivity contribution in [3.05, 3.63) is 82.8 Å². The highest BCUT2D eigenvalue weighted by molar-refractivity contribution is 6.25. The number of amides is 4. The van der Waals surface area contributed by atoms with Crippen LogP contribution in [0.25, 0.3) is 0 Å². The quantitative estimate of drug-likeness (QED) is 0.0574. The van der Waals surface area contributed by atoms with Gasteiger partial charge in [-0.15, -0.1) is 18.3 Å². The van der Waals surface area contributed by atoms with E-state index in [9.17, 15) is 37.6 Å². The number of nitrogens with zero attached hydrogens (tertiary/aromatic N) is 7. The molecule has 4 aliphatic carbocycles. The average Bonchev–Trinajstić information content (AvgIpc) is 3.84. The van der Waals surface area contributed by atoms with Gasteiger partial charge in [-0.1, -0.05) is 35.9 Å². The van der Waals surface area contributed by atoms with E-state index < -0.39 is 36.0 Å². The number of imide groups is 2. The third-order valence-electron chi connectivity index (χ3n) is 13.8. The molecule has 5 fully saturated rings. The molecule has 10 rings (SSSR count). The molecule has 17 nitrogen and oxygen atoms in total. The second kappa shape index (κ2) is 18.7. The summed E-state index contributed by atoms with van der Waals surface area (Å²) in [6.45, 7) is 2.81. The third-order valence-corrected chi connectivity index (χ3v) is 13.8. The van der Waals surface area contributed by atoms with Crippen molar-refractivity contribution in [2.24, 2.45) is 23.2 Å². The molecule has 4 bridgehead atoms. The molecule has 4 heterocycles. The lowest BCUT2D eigenvalue weighted by atomic mass is 9.48. The van der Waals surface area contributed by atoms with Gasteiger partial charge in [-0.05, 0) is 99.3 Å². The van der Waals surface area contributed by atoms with Crippen molar-refractivity contribution in [1.29, 1.82) is 5.26 Å². The second-order valence-corrected chi connectivity index (χ2v) is 18.3. The Hall–Kier alpha value is -6.62. The number of ether oxygens (including phenoxy) is 1. The van der Waals surface area contributed by atoms with Crippen molar-refractivity contribution in [3.63, 3.8) is 0 Å². The topological polar surface area (TPSA) is 221 Å². The molecule has 6 atom stereocenters. The first-order valence-corrected chi connectivity index (χ1v) is 22.6. The van der Waals surface area contributed by atoms with Crippen LogP contribution in [0.2, 0.25) is 0 Å². The fourth-order valence-corrected chi connectivity index (χ4v) is 11.1. The second-order valence-electron chi connectivity index (χ2n) is 18.3. The number of nitrogens with one attached hydrogen (secondary N) is 5. The Balaban J connectivity index is 0.697. The van der Waals surface area contributed by atoms with Crippen molar-refractivity contribution in [3.8, 4) is 11.8 Å². The molecular weight excluding hydrogens is 858 g/mol. The molecule has 0 radical (unpaired) electrons. The largest absolute Gasteiger partial charge is 0.573 e. The summed E-state index contributed by atoms with van der Waals surface area (Å²) in [5.41, 5.74) is 2.43. The van der Waals surface area contributed by atoms with Gasteiger partial charge in [0, 0.05) is 62.5 Å². The van der Waals surface area contributed by atoms with Crippen LogP contribution in [0.3, 0.4) is 0 Å². The minimum absolute atomic E-state index is 0.00202. The van der Waals surface area contributed by atoms with Gasteiger partial charge in [-0.2, -0.15) is 10.2 Å². The van der Waals surface area contributed by atoms with Crippen molar-refractivity contribution in [1.82, 2.24) is 40.5 Å². The molecule has 346 valence electrons. The van der Waals surface area contributed by atoms with E-state index in [4.69, 9.17) is 0 Å². The first-order valence-electron chi connectivity index (χ1n) is 22.6. The molecule has 6 aliphatic rings. The normalized spacial score (nSPS) is 24.3. The molecular formula is C46H51F3N12O5. The number of nitriles is 1. The lowest BCUT2D eigenvalue weighted by Crippen LogP contribution is -2.59. The number of aromatic nitrogens is 5. The summed E-state index contributed by atoms with van der Waals surface area (Å²) in [6, 6.07) is 12.5. The number of rotatable bonds is 19. The molecule has 4 amide bonds. The molecule has 4 aromatic rings. The van der Waals surface area contributed by atoms with Gasteiger partial charge >= 0.3 is 6.36 Å². The number of benzene rings is 2. The van der Waals surface area contributed by atoms with Gasteiger partial charge < -0.3 is 26.0 Å². The summed E-state index contributed by atoms with van der Waals surface area (Å²) >= 11 is 0. The van der Waals surface area contributed by atoms with E-state index in [-0.39, 0.29) is 47.6 Å². The number of hydrogen-bond acceptors (Lipinski definition) is 14. The number of carbonyl (C=O) groups excluding carboxylic acids is 4. The maximum Gasteiger partial charge on any atom is 0.573 e. The highest BCUT2D eigenvalue weighted by atomic mass is 19.4. The number of aryl methyl sites for hydroxylation is 1. The number of unbranched alkanes of at least 4 members (excludes halogenated alkanes) is 2. The van der Waals surface area contributed by atoms with Gasteiger partial charge in [0.25, 0.3) is 11.8 Å². The fraction of sp³-hybridized carbons (Fsp3) is 0.500. The van der Waals surface area contributed by atoms with Crippen molar-refractivity contribution in [2.45, 2.75) is 102 Å². The first-order chi connectivity index (χ1) is 31.8. The van der Waals surface area contributed by atoms with Crippen LogP contribution in [0.15, 0.2) is 54.9 Å². The van der Waals surface area contributed by atoms with Crippen LogP contribution in [0.1, 0.15) is 102 Å². The highest BCUT2D eigenvalue weighted by Gasteiger charge is 2.55. The number of carbonyl (C=O) groups is 4. The maximum absolute atomic E-state index is 13.4.